The van der Waals surface area contributed by atoms with Gasteiger partial charge in [0.15, 0.2) is 0 Å². The number of aromatic nitrogens is 1. The van der Waals surface area contributed by atoms with Crippen LogP contribution >= 0.6 is 0 Å². The topological polar surface area (TPSA) is 62.0 Å². The fourth-order valence-corrected chi connectivity index (χ4v) is 2.88. The van der Waals surface area contributed by atoms with Crippen molar-refractivity contribution in [2.24, 2.45) is 0 Å². The van der Waals surface area contributed by atoms with Gasteiger partial charge in [0, 0.05) is 23.2 Å². The number of hydrogen-bond donors (Lipinski definition) is 2. The number of carbonyl (C=O) groups excluding carboxylic acids is 1. The van der Waals surface area contributed by atoms with Gasteiger partial charge in [-0.15, -0.1) is 0 Å². The molecule has 1 heterocycles. The summed E-state index contributed by atoms with van der Waals surface area (Å²) in [5.74, 6) is -0.0893. The van der Waals surface area contributed by atoms with Gasteiger partial charge in [0.05, 0.1) is 0 Å². The first-order valence-electron chi connectivity index (χ1n) is 8.82. The summed E-state index contributed by atoms with van der Waals surface area (Å²) in [7, 11) is 0. The summed E-state index contributed by atoms with van der Waals surface area (Å²) in [6, 6.07) is 19.3. The Morgan fingerprint density at radius 3 is 2.58 bits per heavy atom. The van der Waals surface area contributed by atoms with E-state index in [0.29, 0.717) is 24.9 Å². The Hall–Kier alpha value is -3.14. The van der Waals surface area contributed by atoms with Gasteiger partial charge in [-0.25, -0.2) is 0 Å². The molecule has 0 radical (unpaired) electrons. The standard InChI is InChI=1S/C22H22N2O2/c1-2-17(14-16-8-4-3-5-9-16)21(25)23-13-12-19-15-18-10-6-7-11-20(18)24-22(19)26/h3-11,14-15H,2,12-13H2,1H3,(H,23,25)(H,24,26)/b17-14+. The molecule has 0 atom stereocenters. The molecule has 3 rings (SSSR count). The van der Waals surface area contributed by atoms with Gasteiger partial charge in [-0.3, -0.25) is 9.59 Å². The van der Waals surface area contributed by atoms with Crippen molar-refractivity contribution in [2.75, 3.05) is 6.54 Å². The molecule has 132 valence electrons. The van der Waals surface area contributed by atoms with Gasteiger partial charge in [0.25, 0.3) is 5.56 Å². The molecule has 0 fully saturated rings. The van der Waals surface area contributed by atoms with E-state index < -0.39 is 0 Å². The number of benzene rings is 2. The van der Waals surface area contributed by atoms with E-state index in [1.807, 2.05) is 73.7 Å². The third-order valence-electron chi connectivity index (χ3n) is 4.32. The first kappa shape index (κ1) is 17.7. The van der Waals surface area contributed by atoms with Gasteiger partial charge in [0.1, 0.15) is 0 Å². The van der Waals surface area contributed by atoms with Crippen LogP contribution in [-0.2, 0) is 11.2 Å². The monoisotopic (exact) mass is 346 g/mol. The summed E-state index contributed by atoms with van der Waals surface area (Å²) in [6.07, 6.45) is 3.05. The summed E-state index contributed by atoms with van der Waals surface area (Å²) in [4.78, 5) is 27.4. The number of aromatic amines is 1. The second-order valence-electron chi connectivity index (χ2n) is 6.15. The number of fused-ring (bicyclic) bond motifs is 1. The third kappa shape index (κ3) is 4.28. The maximum absolute atomic E-state index is 12.4. The number of rotatable bonds is 6. The summed E-state index contributed by atoms with van der Waals surface area (Å²) >= 11 is 0. The summed E-state index contributed by atoms with van der Waals surface area (Å²) in [5.41, 5.74) is 3.13. The molecule has 2 aromatic carbocycles. The third-order valence-corrected chi connectivity index (χ3v) is 4.32. The lowest BCUT2D eigenvalue weighted by Gasteiger charge is -2.08. The van der Waals surface area contributed by atoms with E-state index in [-0.39, 0.29) is 11.5 Å². The van der Waals surface area contributed by atoms with Crippen LogP contribution < -0.4 is 10.9 Å². The van der Waals surface area contributed by atoms with Crippen molar-refractivity contribution in [3.8, 4) is 0 Å². The number of pyridine rings is 1. The minimum absolute atomic E-state index is 0.0893. The maximum Gasteiger partial charge on any atom is 0.251 e. The number of H-pyrrole nitrogens is 1. The van der Waals surface area contributed by atoms with Crippen LogP contribution in [0.1, 0.15) is 24.5 Å². The molecule has 0 saturated carbocycles. The highest BCUT2D eigenvalue weighted by molar-refractivity contribution is 5.97. The molecule has 26 heavy (non-hydrogen) atoms. The molecular weight excluding hydrogens is 324 g/mol. The zero-order valence-electron chi connectivity index (χ0n) is 14.8. The van der Waals surface area contributed by atoms with Crippen LogP contribution in [0.2, 0.25) is 0 Å². The van der Waals surface area contributed by atoms with E-state index >= 15 is 0 Å². The van der Waals surface area contributed by atoms with Crippen molar-refractivity contribution in [1.82, 2.24) is 10.3 Å². The molecule has 4 heteroatoms. The average Bonchev–Trinajstić information content (AvgIpc) is 2.67. The Balaban J connectivity index is 1.65. The largest absolute Gasteiger partial charge is 0.352 e. The molecule has 0 aliphatic carbocycles. The van der Waals surface area contributed by atoms with Crippen molar-refractivity contribution < 1.29 is 4.79 Å². The molecule has 1 amide bonds. The fraction of sp³-hybridized carbons (Fsp3) is 0.182. The summed E-state index contributed by atoms with van der Waals surface area (Å²) in [6.45, 7) is 2.38. The van der Waals surface area contributed by atoms with E-state index in [9.17, 15) is 9.59 Å². The lowest BCUT2D eigenvalue weighted by Crippen LogP contribution is -2.28. The predicted molar refractivity (Wildman–Crippen MR) is 106 cm³/mol. The maximum atomic E-state index is 12.4. The molecule has 3 aromatic rings. The Labute approximate surface area is 152 Å². The van der Waals surface area contributed by atoms with Crippen LogP contribution in [0, 0.1) is 0 Å². The van der Waals surface area contributed by atoms with Crippen LogP contribution in [0.15, 0.2) is 71.0 Å². The lowest BCUT2D eigenvalue weighted by molar-refractivity contribution is -0.117. The van der Waals surface area contributed by atoms with E-state index in [4.69, 9.17) is 0 Å². The number of amides is 1. The van der Waals surface area contributed by atoms with Crippen LogP contribution in [0.25, 0.3) is 17.0 Å². The van der Waals surface area contributed by atoms with E-state index in [2.05, 4.69) is 10.3 Å². The van der Waals surface area contributed by atoms with Crippen molar-refractivity contribution in [3.05, 3.63) is 87.7 Å². The minimum Gasteiger partial charge on any atom is -0.352 e. The first-order valence-corrected chi connectivity index (χ1v) is 8.82. The zero-order valence-corrected chi connectivity index (χ0v) is 14.8. The van der Waals surface area contributed by atoms with Crippen LogP contribution in [-0.4, -0.2) is 17.4 Å². The van der Waals surface area contributed by atoms with Crippen molar-refractivity contribution in [1.29, 1.82) is 0 Å². The second-order valence-corrected chi connectivity index (χ2v) is 6.15. The molecule has 0 aliphatic heterocycles. The molecular formula is C22H22N2O2. The van der Waals surface area contributed by atoms with Gasteiger partial charge in [-0.1, -0.05) is 55.5 Å². The Morgan fingerprint density at radius 2 is 1.81 bits per heavy atom. The average molecular weight is 346 g/mol. The Bertz CT molecular complexity index is 988. The van der Waals surface area contributed by atoms with Gasteiger partial charge in [0.2, 0.25) is 5.91 Å². The lowest BCUT2D eigenvalue weighted by atomic mass is 10.1. The zero-order chi connectivity index (χ0) is 18.4. The smallest absolute Gasteiger partial charge is 0.251 e. The highest BCUT2D eigenvalue weighted by Crippen LogP contribution is 2.11. The summed E-state index contributed by atoms with van der Waals surface area (Å²) in [5, 5.41) is 3.91. The molecule has 0 aliphatic rings. The minimum atomic E-state index is -0.103. The normalized spacial score (nSPS) is 11.5. The molecule has 0 bridgehead atoms. The molecule has 4 nitrogen and oxygen atoms in total. The van der Waals surface area contributed by atoms with Crippen molar-refractivity contribution in [2.45, 2.75) is 19.8 Å². The van der Waals surface area contributed by atoms with Gasteiger partial charge < -0.3 is 10.3 Å². The Kier molecular flexibility index (Phi) is 5.64. The van der Waals surface area contributed by atoms with Gasteiger partial charge >= 0.3 is 0 Å². The predicted octanol–water partition coefficient (Wildman–Crippen LogP) is 3.68. The quantitative estimate of drug-likeness (QED) is 0.669. The second kappa shape index (κ2) is 8.30. The van der Waals surface area contributed by atoms with Crippen LogP contribution in [0.5, 0.6) is 0 Å². The summed E-state index contributed by atoms with van der Waals surface area (Å²) < 4.78 is 0. The number of hydrogen-bond acceptors (Lipinski definition) is 2. The Morgan fingerprint density at radius 1 is 1.08 bits per heavy atom. The van der Waals surface area contributed by atoms with E-state index in [1.54, 1.807) is 0 Å². The van der Waals surface area contributed by atoms with Gasteiger partial charge in [-0.05, 0) is 42.0 Å². The molecule has 2 N–H and O–H groups in total. The van der Waals surface area contributed by atoms with Crippen LogP contribution in [0.4, 0.5) is 0 Å². The number of nitrogens with one attached hydrogen (secondary N) is 2. The number of para-hydroxylation sites is 1. The highest BCUT2D eigenvalue weighted by Gasteiger charge is 2.08. The highest BCUT2D eigenvalue weighted by atomic mass is 16.1. The molecule has 0 unspecified atom stereocenters. The SMILES string of the molecule is CC/C(=C\c1ccccc1)C(=O)NCCc1cc2ccccc2[nH]c1=O. The molecule has 1 aromatic heterocycles. The fourth-order valence-electron chi connectivity index (χ4n) is 2.88. The van der Waals surface area contributed by atoms with Crippen LogP contribution in [0.3, 0.4) is 0 Å². The first-order chi connectivity index (χ1) is 12.7. The van der Waals surface area contributed by atoms with Crippen molar-refractivity contribution in [3.63, 3.8) is 0 Å². The van der Waals surface area contributed by atoms with Gasteiger partial charge in [-0.2, -0.15) is 0 Å². The molecule has 0 saturated heterocycles. The molecule has 0 spiro atoms. The van der Waals surface area contributed by atoms with Crippen molar-refractivity contribution >= 4 is 22.9 Å². The van der Waals surface area contributed by atoms with E-state index in [1.165, 1.54) is 0 Å². The number of carbonyl (C=O) groups is 1. The van der Waals surface area contributed by atoms with E-state index in [0.717, 1.165) is 22.0 Å².